The Hall–Kier alpha value is -0.610. The largest absolute Gasteiger partial charge is 0.342 e. The molecule has 1 N–H and O–H groups in total. The summed E-state index contributed by atoms with van der Waals surface area (Å²) in [4.78, 5) is 17.2. The van der Waals surface area contributed by atoms with Gasteiger partial charge < -0.3 is 15.1 Å². The number of carbonyl (C=O) groups is 1. The maximum absolute atomic E-state index is 12.5. The molecule has 0 spiro atoms. The molecular formula is C15H27N3O. The van der Waals surface area contributed by atoms with Gasteiger partial charge in [-0.05, 0) is 58.2 Å². The van der Waals surface area contributed by atoms with Gasteiger partial charge in [0, 0.05) is 25.7 Å². The van der Waals surface area contributed by atoms with E-state index in [0.717, 1.165) is 45.1 Å². The lowest BCUT2D eigenvalue weighted by molar-refractivity contribution is -0.137. The molecule has 3 fully saturated rings. The number of nitrogens with zero attached hydrogens (tertiary/aromatic N) is 2. The molecule has 1 amide bonds. The van der Waals surface area contributed by atoms with Gasteiger partial charge in [0.25, 0.3) is 0 Å². The molecule has 3 saturated heterocycles. The molecule has 3 rings (SSSR count). The van der Waals surface area contributed by atoms with Crippen LogP contribution in [0.2, 0.25) is 0 Å². The van der Waals surface area contributed by atoms with Crippen LogP contribution in [0, 0.1) is 5.92 Å². The first-order valence-electron chi connectivity index (χ1n) is 8.08. The Labute approximate surface area is 116 Å². The molecule has 1 unspecified atom stereocenters. The van der Waals surface area contributed by atoms with Crippen LogP contribution in [-0.2, 0) is 4.79 Å². The second-order valence-electron chi connectivity index (χ2n) is 6.34. The standard InChI is InChI=1S/C15H27N3O/c19-15(13-4-3-7-16-12-13)18-10-5-14(6-11-18)17-8-1-2-9-17/h13-14,16H,1-12H2. The van der Waals surface area contributed by atoms with Crippen LogP contribution in [0.1, 0.15) is 38.5 Å². The average Bonchev–Trinajstić information content (AvgIpc) is 3.02. The highest BCUT2D eigenvalue weighted by Crippen LogP contribution is 2.23. The Morgan fingerprint density at radius 3 is 2.32 bits per heavy atom. The molecule has 3 aliphatic heterocycles. The van der Waals surface area contributed by atoms with Crippen molar-refractivity contribution in [3.63, 3.8) is 0 Å². The fourth-order valence-corrected chi connectivity index (χ4v) is 3.88. The number of likely N-dealkylation sites (tertiary alicyclic amines) is 2. The molecular weight excluding hydrogens is 238 g/mol. The third-order valence-corrected chi connectivity index (χ3v) is 5.08. The Balaban J connectivity index is 1.47. The number of carbonyl (C=O) groups excluding carboxylic acids is 1. The van der Waals surface area contributed by atoms with E-state index in [2.05, 4.69) is 15.1 Å². The first-order valence-corrected chi connectivity index (χ1v) is 8.08. The summed E-state index contributed by atoms with van der Waals surface area (Å²) in [5, 5.41) is 3.35. The summed E-state index contributed by atoms with van der Waals surface area (Å²) in [5.41, 5.74) is 0. The van der Waals surface area contributed by atoms with Gasteiger partial charge in [0.15, 0.2) is 0 Å². The van der Waals surface area contributed by atoms with Crippen molar-refractivity contribution >= 4 is 5.91 Å². The van der Waals surface area contributed by atoms with Crippen LogP contribution in [0.25, 0.3) is 0 Å². The summed E-state index contributed by atoms with van der Waals surface area (Å²) >= 11 is 0. The summed E-state index contributed by atoms with van der Waals surface area (Å²) < 4.78 is 0. The first kappa shape index (κ1) is 13.4. The fourth-order valence-electron chi connectivity index (χ4n) is 3.88. The SMILES string of the molecule is O=C(C1CCCNC1)N1CCC(N2CCCC2)CC1. The van der Waals surface area contributed by atoms with Gasteiger partial charge >= 0.3 is 0 Å². The van der Waals surface area contributed by atoms with Gasteiger partial charge in [-0.1, -0.05) is 0 Å². The molecule has 0 bridgehead atoms. The highest BCUT2D eigenvalue weighted by Gasteiger charge is 2.31. The number of amides is 1. The first-order chi connectivity index (χ1) is 9.34. The van der Waals surface area contributed by atoms with Crippen molar-refractivity contribution in [2.75, 3.05) is 39.3 Å². The molecule has 0 aliphatic carbocycles. The summed E-state index contributed by atoms with van der Waals surface area (Å²) in [6.45, 7) is 6.51. The van der Waals surface area contributed by atoms with Gasteiger partial charge in [0.05, 0.1) is 5.92 Å². The molecule has 19 heavy (non-hydrogen) atoms. The molecule has 4 heteroatoms. The summed E-state index contributed by atoms with van der Waals surface area (Å²) in [7, 11) is 0. The second-order valence-corrected chi connectivity index (χ2v) is 6.34. The van der Waals surface area contributed by atoms with Crippen LogP contribution < -0.4 is 5.32 Å². The molecule has 4 nitrogen and oxygen atoms in total. The Morgan fingerprint density at radius 1 is 0.947 bits per heavy atom. The third kappa shape index (κ3) is 3.11. The van der Waals surface area contributed by atoms with E-state index in [1.807, 2.05) is 0 Å². The van der Waals surface area contributed by atoms with Crippen molar-refractivity contribution in [2.45, 2.75) is 44.6 Å². The summed E-state index contributed by atoms with van der Waals surface area (Å²) in [6, 6.07) is 0.746. The molecule has 3 heterocycles. The Bertz CT molecular complexity index is 301. The second kappa shape index (κ2) is 6.23. The van der Waals surface area contributed by atoms with E-state index in [4.69, 9.17) is 0 Å². The maximum Gasteiger partial charge on any atom is 0.226 e. The average molecular weight is 265 g/mol. The van der Waals surface area contributed by atoms with Crippen LogP contribution in [0.15, 0.2) is 0 Å². The fraction of sp³-hybridized carbons (Fsp3) is 0.933. The van der Waals surface area contributed by atoms with Crippen LogP contribution >= 0.6 is 0 Å². The lowest BCUT2D eigenvalue weighted by Gasteiger charge is -2.38. The number of rotatable bonds is 2. The van der Waals surface area contributed by atoms with Crippen molar-refractivity contribution in [3.8, 4) is 0 Å². The van der Waals surface area contributed by atoms with Gasteiger partial charge in [0.2, 0.25) is 5.91 Å². The number of nitrogens with one attached hydrogen (secondary N) is 1. The van der Waals surface area contributed by atoms with Crippen molar-refractivity contribution in [2.24, 2.45) is 5.92 Å². The molecule has 3 aliphatic rings. The molecule has 0 aromatic heterocycles. The van der Waals surface area contributed by atoms with Gasteiger partial charge in [-0.2, -0.15) is 0 Å². The van der Waals surface area contributed by atoms with Gasteiger partial charge in [-0.15, -0.1) is 0 Å². The predicted octanol–water partition coefficient (Wildman–Crippen LogP) is 1.07. The topological polar surface area (TPSA) is 35.6 Å². The van der Waals surface area contributed by atoms with Gasteiger partial charge in [-0.25, -0.2) is 0 Å². The zero-order chi connectivity index (χ0) is 13.1. The minimum atomic E-state index is 0.247. The lowest BCUT2D eigenvalue weighted by atomic mass is 9.96. The van der Waals surface area contributed by atoms with E-state index in [1.54, 1.807) is 0 Å². The third-order valence-electron chi connectivity index (χ3n) is 5.08. The Morgan fingerprint density at radius 2 is 1.68 bits per heavy atom. The predicted molar refractivity (Wildman–Crippen MR) is 76.0 cm³/mol. The van der Waals surface area contributed by atoms with E-state index < -0.39 is 0 Å². The molecule has 108 valence electrons. The van der Waals surface area contributed by atoms with Crippen molar-refractivity contribution < 1.29 is 4.79 Å². The normalized spacial score (nSPS) is 30.7. The van der Waals surface area contributed by atoms with Crippen LogP contribution in [0.4, 0.5) is 0 Å². The zero-order valence-corrected chi connectivity index (χ0v) is 11.9. The van der Waals surface area contributed by atoms with E-state index in [1.165, 1.54) is 38.8 Å². The molecule has 0 aromatic carbocycles. The van der Waals surface area contributed by atoms with Crippen LogP contribution in [0.5, 0.6) is 0 Å². The van der Waals surface area contributed by atoms with Crippen molar-refractivity contribution in [1.82, 2.24) is 15.1 Å². The van der Waals surface area contributed by atoms with E-state index in [-0.39, 0.29) is 5.92 Å². The monoisotopic (exact) mass is 265 g/mol. The molecule has 1 atom stereocenters. The minimum absolute atomic E-state index is 0.247. The maximum atomic E-state index is 12.5. The van der Waals surface area contributed by atoms with Crippen LogP contribution in [0.3, 0.4) is 0 Å². The highest BCUT2D eigenvalue weighted by atomic mass is 16.2. The molecule has 0 aromatic rings. The number of hydrogen-bond donors (Lipinski definition) is 1. The lowest BCUT2D eigenvalue weighted by Crippen LogP contribution is -2.49. The summed E-state index contributed by atoms with van der Waals surface area (Å²) in [5.74, 6) is 0.657. The number of hydrogen-bond acceptors (Lipinski definition) is 3. The van der Waals surface area contributed by atoms with Gasteiger partial charge in [0.1, 0.15) is 0 Å². The van der Waals surface area contributed by atoms with E-state index in [9.17, 15) is 4.79 Å². The summed E-state index contributed by atoms with van der Waals surface area (Å²) in [6.07, 6.45) is 7.34. The smallest absolute Gasteiger partial charge is 0.226 e. The van der Waals surface area contributed by atoms with E-state index >= 15 is 0 Å². The Kier molecular flexibility index (Phi) is 4.38. The minimum Gasteiger partial charge on any atom is -0.342 e. The van der Waals surface area contributed by atoms with Gasteiger partial charge in [-0.3, -0.25) is 4.79 Å². The van der Waals surface area contributed by atoms with Crippen molar-refractivity contribution in [1.29, 1.82) is 0 Å². The quantitative estimate of drug-likeness (QED) is 0.811. The van der Waals surface area contributed by atoms with Crippen molar-refractivity contribution in [3.05, 3.63) is 0 Å². The van der Waals surface area contributed by atoms with E-state index in [0.29, 0.717) is 5.91 Å². The van der Waals surface area contributed by atoms with Crippen LogP contribution in [-0.4, -0.2) is 61.0 Å². The number of piperidine rings is 2. The highest BCUT2D eigenvalue weighted by molar-refractivity contribution is 5.79. The molecule has 0 radical (unpaired) electrons. The molecule has 0 saturated carbocycles. The zero-order valence-electron chi connectivity index (χ0n) is 11.9.